The first kappa shape index (κ1) is 11.5. The lowest BCUT2D eigenvalue weighted by molar-refractivity contribution is 0.557. The van der Waals surface area contributed by atoms with Gasteiger partial charge in [0.1, 0.15) is 7.14 Å². The smallest absolute Gasteiger partial charge is 0.120 e. The first-order chi connectivity index (χ1) is 6.42. The summed E-state index contributed by atoms with van der Waals surface area (Å²) < 4.78 is 12.8. The molecule has 0 aliphatic heterocycles. The zero-order chi connectivity index (χ0) is 10.8. The molecule has 2 heteroatoms. The van der Waals surface area contributed by atoms with E-state index in [0.717, 1.165) is 11.5 Å². The summed E-state index contributed by atoms with van der Waals surface area (Å²) >= 11 is 0. The zero-order valence-electron chi connectivity index (χ0n) is 9.45. The summed E-state index contributed by atoms with van der Waals surface area (Å²) in [6.45, 7) is 8.19. The van der Waals surface area contributed by atoms with Crippen LogP contribution in [0.1, 0.15) is 27.7 Å². The third-order valence-corrected chi connectivity index (χ3v) is 6.89. The molecule has 0 spiro atoms. The van der Waals surface area contributed by atoms with Gasteiger partial charge in [-0.25, -0.2) is 0 Å². The highest BCUT2D eigenvalue weighted by atomic mass is 31.2. The first-order valence-electron chi connectivity index (χ1n) is 5.06. The topological polar surface area (TPSA) is 17.1 Å². The molecule has 0 aliphatic rings. The highest BCUT2D eigenvalue weighted by molar-refractivity contribution is 7.73. The van der Waals surface area contributed by atoms with E-state index >= 15 is 0 Å². The molecule has 14 heavy (non-hydrogen) atoms. The van der Waals surface area contributed by atoms with E-state index in [9.17, 15) is 4.57 Å². The Morgan fingerprint density at radius 1 is 1.14 bits per heavy atom. The van der Waals surface area contributed by atoms with Gasteiger partial charge in [0.25, 0.3) is 0 Å². The lowest BCUT2D eigenvalue weighted by Crippen LogP contribution is -2.24. The van der Waals surface area contributed by atoms with Gasteiger partial charge < -0.3 is 4.57 Å². The number of hydrogen-bond donors (Lipinski definition) is 0. The molecule has 0 amide bonds. The molecule has 0 aromatic heterocycles. The molecular weight excluding hydrogens is 191 g/mol. The maximum absolute atomic E-state index is 12.8. The van der Waals surface area contributed by atoms with Crippen LogP contribution >= 0.6 is 7.14 Å². The van der Waals surface area contributed by atoms with Gasteiger partial charge in [0, 0.05) is 16.6 Å². The zero-order valence-corrected chi connectivity index (χ0v) is 10.3. The third-order valence-electron chi connectivity index (χ3n) is 2.70. The molecule has 1 nitrogen and oxygen atoms in total. The second-order valence-electron chi connectivity index (χ2n) is 4.56. The highest BCUT2D eigenvalue weighted by Crippen LogP contribution is 2.55. The molecule has 0 fully saturated rings. The Labute approximate surface area is 86.9 Å². The highest BCUT2D eigenvalue weighted by Gasteiger charge is 2.35. The molecule has 0 N–H and O–H groups in total. The SMILES string of the molecule is CCP(=O)(c1ccccc1)C(C)(C)C. The van der Waals surface area contributed by atoms with Gasteiger partial charge in [0.05, 0.1) is 0 Å². The Morgan fingerprint density at radius 2 is 1.64 bits per heavy atom. The van der Waals surface area contributed by atoms with E-state index in [1.165, 1.54) is 0 Å². The summed E-state index contributed by atoms with van der Waals surface area (Å²) in [7, 11) is -2.24. The lowest BCUT2D eigenvalue weighted by atomic mass is 10.3. The Hall–Kier alpha value is -0.550. The quantitative estimate of drug-likeness (QED) is 0.683. The molecular formula is C12H19OP. The largest absolute Gasteiger partial charge is 0.318 e. The van der Waals surface area contributed by atoms with Crippen molar-refractivity contribution in [2.75, 3.05) is 6.16 Å². The number of benzene rings is 1. The van der Waals surface area contributed by atoms with Gasteiger partial charge in [-0.05, 0) is 0 Å². The van der Waals surface area contributed by atoms with Gasteiger partial charge in [0.2, 0.25) is 0 Å². The lowest BCUT2D eigenvalue weighted by Gasteiger charge is -2.30. The second-order valence-corrected chi connectivity index (χ2v) is 8.53. The van der Waals surface area contributed by atoms with Crippen molar-refractivity contribution in [3.05, 3.63) is 30.3 Å². The molecule has 0 heterocycles. The standard InChI is InChI=1S/C12H19OP/c1-5-14(13,12(2,3)4)11-9-7-6-8-10-11/h6-10H,5H2,1-4H3. The van der Waals surface area contributed by atoms with E-state index in [0.29, 0.717) is 0 Å². The molecule has 0 aliphatic carbocycles. The normalized spacial score (nSPS) is 16.3. The van der Waals surface area contributed by atoms with Gasteiger partial charge >= 0.3 is 0 Å². The molecule has 1 atom stereocenters. The van der Waals surface area contributed by atoms with Crippen LogP contribution in [0.25, 0.3) is 0 Å². The fourth-order valence-electron chi connectivity index (χ4n) is 1.71. The molecule has 1 unspecified atom stereocenters. The van der Waals surface area contributed by atoms with Crippen LogP contribution in [0.15, 0.2) is 30.3 Å². The summed E-state index contributed by atoms with van der Waals surface area (Å²) in [6.07, 6.45) is 0.737. The van der Waals surface area contributed by atoms with E-state index < -0.39 is 7.14 Å². The van der Waals surface area contributed by atoms with Crippen LogP contribution in [0.3, 0.4) is 0 Å². The minimum atomic E-state index is -2.24. The molecule has 0 bridgehead atoms. The Kier molecular flexibility index (Phi) is 3.21. The summed E-state index contributed by atoms with van der Waals surface area (Å²) in [5, 5.41) is 0.873. The van der Waals surface area contributed by atoms with Crippen molar-refractivity contribution in [2.45, 2.75) is 32.9 Å². The number of rotatable bonds is 2. The summed E-state index contributed by atoms with van der Waals surface area (Å²) in [5.41, 5.74) is 0. The molecule has 0 saturated heterocycles. The Morgan fingerprint density at radius 3 is 2.00 bits per heavy atom. The van der Waals surface area contributed by atoms with Crippen molar-refractivity contribution >= 4 is 12.4 Å². The third kappa shape index (κ3) is 1.93. The summed E-state index contributed by atoms with van der Waals surface area (Å²) in [5.74, 6) is 0. The van der Waals surface area contributed by atoms with Crippen LogP contribution in [-0.4, -0.2) is 11.3 Å². The average molecular weight is 210 g/mol. The summed E-state index contributed by atoms with van der Waals surface area (Å²) in [4.78, 5) is 0. The fourth-order valence-corrected chi connectivity index (χ4v) is 4.46. The molecule has 1 aromatic carbocycles. The number of hydrogen-bond acceptors (Lipinski definition) is 1. The van der Waals surface area contributed by atoms with Gasteiger partial charge in [-0.15, -0.1) is 0 Å². The second kappa shape index (κ2) is 3.90. The minimum absolute atomic E-state index is 0.136. The molecule has 0 saturated carbocycles. The van der Waals surface area contributed by atoms with Gasteiger partial charge in [-0.3, -0.25) is 0 Å². The molecule has 1 rings (SSSR count). The average Bonchev–Trinajstić information content (AvgIpc) is 2.16. The van der Waals surface area contributed by atoms with E-state index in [2.05, 4.69) is 20.8 Å². The Balaban J connectivity index is 3.23. The molecule has 1 aromatic rings. The van der Waals surface area contributed by atoms with Gasteiger partial charge in [-0.1, -0.05) is 58.0 Å². The monoisotopic (exact) mass is 210 g/mol. The van der Waals surface area contributed by atoms with E-state index in [4.69, 9.17) is 0 Å². The van der Waals surface area contributed by atoms with Crippen LogP contribution in [0, 0.1) is 0 Å². The van der Waals surface area contributed by atoms with E-state index in [1.54, 1.807) is 0 Å². The predicted octanol–water partition coefficient (Wildman–Crippen LogP) is 3.49. The van der Waals surface area contributed by atoms with Gasteiger partial charge in [-0.2, -0.15) is 0 Å². The van der Waals surface area contributed by atoms with Crippen molar-refractivity contribution in [3.8, 4) is 0 Å². The summed E-state index contributed by atoms with van der Waals surface area (Å²) in [6, 6.07) is 9.85. The molecule has 78 valence electrons. The van der Waals surface area contributed by atoms with Crippen LogP contribution in [-0.2, 0) is 4.57 Å². The molecule has 0 radical (unpaired) electrons. The maximum atomic E-state index is 12.8. The van der Waals surface area contributed by atoms with E-state index in [-0.39, 0.29) is 5.16 Å². The fraction of sp³-hybridized carbons (Fsp3) is 0.500. The van der Waals surface area contributed by atoms with Crippen molar-refractivity contribution in [1.29, 1.82) is 0 Å². The van der Waals surface area contributed by atoms with Crippen LogP contribution in [0.4, 0.5) is 0 Å². The van der Waals surface area contributed by atoms with Crippen molar-refractivity contribution in [2.24, 2.45) is 0 Å². The maximum Gasteiger partial charge on any atom is 0.120 e. The first-order valence-corrected chi connectivity index (χ1v) is 6.96. The van der Waals surface area contributed by atoms with E-state index in [1.807, 2.05) is 37.3 Å². The van der Waals surface area contributed by atoms with Crippen LogP contribution in [0.2, 0.25) is 0 Å². The van der Waals surface area contributed by atoms with Crippen LogP contribution in [0.5, 0.6) is 0 Å². The Bertz CT molecular complexity index is 335. The van der Waals surface area contributed by atoms with Gasteiger partial charge in [0.15, 0.2) is 0 Å². The predicted molar refractivity (Wildman–Crippen MR) is 64.0 cm³/mol. The van der Waals surface area contributed by atoms with Crippen molar-refractivity contribution in [1.82, 2.24) is 0 Å². The van der Waals surface area contributed by atoms with Crippen molar-refractivity contribution in [3.63, 3.8) is 0 Å². The van der Waals surface area contributed by atoms with Crippen LogP contribution < -0.4 is 5.30 Å². The minimum Gasteiger partial charge on any atom is -0.318 e. The van der Waals surface area contributed by atoms with Crippen molar-refractivity contribution < 1.29 is 4.57 Å².